The summed E-state index contributed by atoms with van der Waals surface area (Å²) in [5, 5.41) is 9.92. The average molecular weight is 391 g/mol. The summed E-state index contributed by atoms with van der Waals surface area (Å²) in [6.45, 7) is -0.139. The first-order chi connectivity index (χ1) is 14.1. The van der Waals surface area contributed by atoms with Crippen LogP contribution in [0.4, 0.5) is 5.69 Å². The second-order valence-electron chi connectivity index (χ2n) is 6.93. The van der Waals surface area contributed by atoms with E-state index in [-0.39, 0.29) is 24.5 Å². The van der Waals surface area contributed by atoms with Gasteiger partial charge in [0.2, 0.25) is 0 Å². The molecular formula is C21H21N5O3. The number of hydrogen-bond donors (Lipinski definition) is 2. The molecule has 148 valence electrons. The van der Waals surface area contributed by atoms with Crippen LogP contribution < -0.4 is 15.4 Å². The molecular weight excluding hydrogens is 370 g/mol. The molecule has 0 aliphatic heterocycles. The molecule has 8 nitrogen and oxygen atoms in total. The summed E-state index contributed by atoms with van der Waals surface area (Å²) in [4.78, 5) is 28.5. The van der Waals surface area contributed by atoms with Crippen molar-refractivity contribution in [3.63, 3.8) is 0 Å². The SMILES string of the molecule is Cn1cnc(-c2ccc(OCC(=O)Nc3cccc(C(=O)NC4CC4)c3)cc2)n1. The third-order valence-corrected chi connectivity index (χ3v) is 4.40. The minimum absolute atomic E-state index is 0.123. The molecule has 3 aromatic rings. The van der Waals surface area contributed by atoms with Gasteiger partial charge in [0.15, 0.2) is 12.4 Å². The van der Waals surface area contributed by atoms with E-state index < -0.39 is 0 Å². The predicted molar refractivity (Wildman–Crippen MR) is 107 cm³/mol. The molecule has 2 aromatic carbocycles. The Kier molecular flexibility index (Phi) is 5.24. The van der Waals surface area contributed by atoms with Crippen LogP contribution in [0.3, 0.4) is 0 Å². The lowest BCUT2D eigenvalue weighted by Gasteiger charge is -2.09. The second-order valence-corrected chi connectivity index (χ2v) is 6.93. The smallest absolute Gasteiger partial charge is 0.262 e. The highest BCUT2D eigenvalue weighted by atomic mass is 16.5. The number of benzene rings is 2. The fraction of sp³-hybridized carbons (Fsp3) is 0.238. The molecule has 1 heterocycles. The fourth-order valence-electron chi connectivity index (χ4n) is 2.75. The Morgan fingerprint density at radius 3 is 2.66 bits per heavy atom. The number of ether oxygens (including phenoxy) is 1. The van der Waals surface area contributed by atoms with Crippen LogP contribution in [0.1, 0.15) is 23.2 Å². The van der Waals surface area contributed by atoms with Crippen molar-refractivity contribution in [1.29, 1.82) is 0 Å². The van der Waals surface area contributed by atoms with Gasteiger partial charge in [-0.1, -0.05) is 6.07 Å². The number of aromatic nitrogens is 3. The molecule has 0 bridgehead atoms. The zero-order valence-corrected chi connectivity index (χ0v) is 16.0. The van der Waals surface area contributed by atoms with Crippen molar-refractivity contribution in [1.82, 2.24) is 20.1 Å². The summed E-state index contributed by atoms with van der Waals surface area (Å²) in [6.07, 6.45) is 3.69. The third-order valence-electron chi connectivity index (χ3n) is 4.40. The average Bonchev–Trinajstić information content (AvgIpc) is 3.44. The van der Waals surface area contributed by atoms with Gasteiger partial charge in [-0.15, -0.1) is 0 Å². The van der Waals surface area contributed by atoms with E-state index in [1.807, 2.05) is 19.2 Å². The Hall–Kier alpha value is -3.68. The summed E-state index contributed by atoms with van der Waals surface area (Å²) in [7, 11) is 1.81. The standard InChI is InChI=1S/C21H21N5O3/c1-26-13-22-20(25-26)14-5-9-18(10-6-14)29-12-19(27)23-17-4-2-3-15(11-17)21(28)24-16-7-8-16/h2-6,9-11,13,16H,7-8,12H2,1H3,(H,23,27)(H,24,28). The molecule has 1 saturated carbocycles. The van der Waals surface area contributed by atoms with Crippen molar-refractivity contribution < 1.29 is 14.3 Å². The molecule has 0 radical (unpaired) electrons. The molecule has 0 spiro atoms. The van der Waals surface area contributed by atoms with Crippen LogP contribution >= 0.6 is 0 Å². The van der Waals surface area contributed by atoms with Gasteiger partial charge < -0.3 is 15.4 Å². The van der Waals surface area contributed by atoms with E-state index in [0.717, 1.165) is 18.4 Å². The Labute approximate surface area is 167 Å². The Morgan fingerprint density at radius 2 is 1.97 bits per heavy atom. The molecule has 29 heavy (non-hydrogen) atoms. The molecule has 1 aromatic heterocycles. The number of nitrogens with zero attached hydrogens (tertiary/aromatic N) is 3. The van der Waals surface area contributed by atoms with Gasteiger partial charge in [-0.25, -0.2) is 4.98 Å². The molecule has 2 N–H and O–H groups in total. The number of hydrogen-bond acceptors (Lipinski definition) is 5. The van der Waals surface area contributed by atoms with Crippen LogP contribution in [0.15, 0.2) is 54.9 Å². The van der Waals surface area contributed by atoms with Crippen molar-refractivity contribution in [3.8, 4) is 17.1 Å². The number of nitrogens with one attached hydrogen (secondary N) is 2. The topological polar surface area (TPSA) is 98.1 Å². The lowest BCUT2D eigenvalue weighted by Crippen LogP contribution is -2.25. The number of carbonyl (C=O) groups excluding carboxylic acids is 2. The monoisotopic (exact) mass is 391 g/mol. The van der Waals surface area contributed by atoms with Gasteiger partial charge in [0.05, 0.1) is 0 Å². The van der Waals surface area contributed by atoms with Gasteiger partial charge >= 0.3 is 0 Å². The summed E-state index contributed by atoms with van der Waals surface area (Å²) >= 11 is 0. The maximum Gasteiger partial charge on any atom is 0.262 e. The Bertz CT molecular complexity index is 1020. The normalized spacial score (nSPS) is 13.0. The van der Waals surface area contributed by atoms with E-state index in [1.165, 1.54) is 0 Å². The predicted octanol–water partition coefficient (Wildman–Crippen LogP) is 2.39. The van der Waals surface area contributed by atoms with Crippen molar-refractivity contribution >= 4 is 17.5 Å². The van der Waals surface area contributed by atoms with Crippen molar-refractivity contribution in [2.24, 2.45) is 7.05 Å². The third kappa shape index (κ3) is 4.98. The molecule has 4 rings (SSSR count). The van der Waals surface area contributed by atoms with E-state index in [9.17, 15) is 9.59 Å². The van der Waals surface area contributed by atoms with Crippen LogP contribution in [-0.4, -0.2) is 39.2 Å². The number of amides is 2. The molecule has 0 unspecified atom stereocenters. The Morgan fingerprint density at radius 1 is 1.17 bits per heavy atom. The number of aryl methyl sites for hydroxylation is 1. The number of anilines is 1. The first-order valence-corrected chi connectivity index (χ1v) is 9.36. The maximum absolute atomic E-state index is 12.2. The van der Waals surface area contributed by atoms with E-state index in [2.05, 4.69) is 20.7 Å². The number of carbonyl (C=O) groups is 2. The van der Waals surface area contributed by atoms with E-state index in [0.29, 0.717) is 22.8 Å². The fourth-order valence-corrected chi connectivity index (χ4v) is 2.75. The minimum atomic E-state index is -0.305. The largest absolute Gasteiger partial charge is 0.484 e. The molecule has 2 amide bonds. The second kappa shape index (κ2) is 8.14. The quantitative estimate of drug-likeness (QED) is 0.644. The molecule has 0 atom stereocenters. The first-order valence-electron chi connectivity index (χ1n) is 9.36. The molecule has 0 saturated heterocycles. The van der Waals surface area contributed by atoms with Gasteiger partial charge in [0, 0.05) is 29.9 Å². The van der Waals surface area contributed by atoms with Gasteiger partial charge in [-0.3, -0.25) is 14.3 Å². The zero-order valence-electron chi connectivity index (χ0n) is 16.0. The van der Waals surface area contributed by atoms with Gasteiger partial charge in [-0.05, 0) is 55.3 Å². The van der Waals surface area contributed by atoms with E-state index in [1.54, 1.807) is 47.4 Å². The molecule has 1 aliphatic carbocycles. The van der Waals surface area contributed by atoms with E-state index in [4.69, 9.17) is 4.74 Å². The van der Waals surface area contributed by atoms with E-state index >= 15 is 0 Å². The number of rotatable bonds is 7. The highest BCUT2D eigenvalue weighted by molar-refractivity contribution is 5.97. The molecule has 8 heteroatoms. The van der Waals surface area contributed by atoms with Crippen LogP contribution in [0.2, 0.25) is 0 Å². The summed E-state index contributed by atoms with van der Waals surface area (Å²) < 4.78 is 7.17. The first kappa shape index (κ1) is 18.7. The molecule has 1 fully saturated rings. The molecule has 1 aliphatic rings. The highest BCUT2D eigenvalue weighted by Gasteiger charge is 2.23. The highest BCUT2D eigenvalue weighted by Crippen LogP contribution is 2.21. The van der Waals surface area contributed by atoms with Crippen LogP contribution in [0.5, 0.6) is 5.75 Å². The van der Waals surface area contributed by atoms with Gasteiger partial charge in [0.25, 0.3) is 11.8 Å². The van der Waals surface area contributed by atoms with Crippen molar-refractivity contribution in [3.05, 3.63) is 60.4 Å². The summed E-state index contributed by atoms with van der Waals surface area (Å²) in [5.74, 6) is 0.766. The van der Waals surface area contributed by atoms with Crippen LogP contribution in [0.25, 0.3) is 11.4 Å². The van der Waals surface area contributed by atoms with Crippen molar-refractivity contribution in [2.45, 2.75) is 18.9 Å². The summed E-state index contributed by atoms with van der Waals surface area (Å²) in [6, 6.07) is 14.3. The van der Waals surface area contributed by atoms with Gasteiger partial charge in [0.1, 0.15) is 12.1 Å². The van der Waals surface area contributed by atoms with Crippen LogP contribution in [0, 0.1) is 0 Å². The maximum atomic E-state index is 12.2. The lowest BCUT2D eigenvalue weighted by atomic mass is 10.2. The minimum Gasteiger partial charge on any atom is -0.484 e. The van der Waals surface area contributed by atoms with Gasteiger partial charge in [-0.2, -0.15) is 5.10 Å². The summed E-state index contributed by atoms with van der Waals surface area (Å²) in [5.41, 5.74) is 1.94. The Balaban J connectivity index is 1.30. The van der Waals surface area contributed by atoms with Crippen LogP contribution in [-0.2, 0) is 11.8 Å². The lowest BCUT2D eigenvalue weighted by molar-refractivity contribution is -0.118. The zero-order chi connectivity index (χ0) is 20.2. The van der Waals surface area contributed by atoms with Crippen molar-refractivity contribution in [2.75, 3.05) is 11.9 Å².